The van der Waals surface area contributed by atoms with Gasteiger partial charge in [0.1, 0.15) is 17.8 Å². The number of rotatable bonds is 12. The van der Waals surface area contributed by atoms with Crippen molar-refractivity contribution in [3.63, 3.8) is 0 Å². The van der Waals surface area contributed by atoms with E-state index in [4.69, 9.17) is 0 Å². The number of carbonyl (C=O) groups excluding carboxylic acids is 4. The molecule has 1 saturated heterocycles. The van der Waals surface area contributed by atoms with E-state index >= 15 is 0 Å². The van der Waals surface area contributed by atoms with Crippen LogP contribution in [-0.4, -0.2) is 88.5 Å². The molecule has 1 aliphatic heterocycles. The number of likely N-dealkylation sites (N-methyl/N-ethyl adjacent to an activating group) is 1. The smallest absolute Gasteiger partial charge is 0.270 e. The molecule has 1 aliphatic carbocycles. The minimum absolute atomic E-state index is 0.0250. The fraction of sp³-hybridized carbons (Fsp3) is 0.618. The first kappa shape index (κ1) is 34.1. The summed E-state index contributed by atoms with van der Waals surface area (Å²) < 4.78 is 1.68. The molecule has 2 heterocycles. The SMILES string of the molecule is CCC(=O)N[C@H](Cc1ccc(CNC(=O)[C@@H](NC(=O)c2ccnn2C(C)C)C2CCCCCC2)cc1)C(=O)N1CCN(C)CC1. The fourth-order valence-corrected chi connectivity index (χ4v) is 6.23. The summed E-state index contributed by atoms with van der Waals surface area (Å²) >= 11 is 0. The molecule has 1 aromatic carbocycles. The van der Waals surface area contributed by atoms with E-state index in [1.165, 1.54) is 0 Å². The fourth-order valence-electron chi connectivity index (χ4n) is 6.23. The monoisotopic (exact) mass is 621 g/mol. The highest BCUT2D eigenvalue weighted by Crippen LogP contribution is 2.26. The summed E-state index contributed by atoms with van der Waals surface area (Å²) in [6, 6.07) is 8.23. The second-order valence-corrected chi connectivity index (χ2v) is 12.8. The van der Waals surface area contributed by atoms with Crippen LogP contribution < -0.4 is 16.0 Å². The summed E-state index contributed by atoms with van der Waals surface area (Å²) in [6.45, 7) is 8.96. The summed E-state index contributed by atoms with van der Waals surface area (Å²) in [5.41, 5.74) is 2.29. The van der Waals surface area contributed by atoms with E-state index in [0.717, 1.165) is 62.7 Å². The molecule has 2 fully saturated rings. The van der Waals surface area contributed by atoms with Crippen LogP contribution in [0.1, 0.15) is 93.4 Å². The van der Waals surface area contributed by atoms with Gasteiger partial charge >= 0.3 is 0 Å². The van der Waals surface area contributed by atoms with Gasteiger partial charge in [0.15, 0.2) is 0 Å². The van der Waals surface area contributed by atoms with Crippen LogP contribution in [0.3, 0.4) is 0 Å². The summed E-state index contributed by atoms with van der Waals surface area (Å²) in [5, 5.41) is 13.3. The molecule has 1 aromatic heterocycles. The second kappa shape index (κ2) is 16.5. The van der Waals surface area contributed by atoms with Crippen molar-refractivity contribution in [2.45, 2.75) is 96.8 Å². The largest absolute Gasteiger partial charge is 0.350 e. The van der Waals surface area contributed by atoms with Crippen LogP contribution in [0.5, 0.6) is 0 Å². The maximum Gasteiger partial charge on any atom is 0.270 e. The highest BCUT2D eigenvalue weighted by molar-refractivity contribution is 5.96. The van der Waals surface area contributed by atoms with Crippen LogP contribution in [0.4, 0.5) is 0 Å². The van der Waals surface area contributed by atoms with E-state index in [9.17, 15) is 19.2 Å². The third-order valence-corrected chi connectivity index (χ3v) is 9.03. The molecule has 4 rings (SSSR count). The van der Waals surface area contributed by atoms with Crippen LogP contribution in [0.15, 0.2) is 36.5 Å². The minimum atomic E-state index is -0.631. The molecular weight excluding hydrogens is 570 g/mol. The van der Waals surface area contributed by atoms with Gasteiger partial charge in [-0.1, -0.05) is 56.9 Å². The van der Waals surface area contributed by atoms with Gasteiger partial charge in [-0.15, -0.1) is 0 Å². The predicted octanol–water partition coefficient (Wildman–Crippen LogP) is 3.06. The predicted molar refractivity (Wildman–Crippen MR) is 173 cm³/mol. The first-order valence-corrected chi connectivity index (χ1v) is 16.6. The third kappa shape index (κ3) is 9.63. The van der Waals surface area contributed by atoms with Gasteiger partial charge in [-0.2, -0.15) is 5.10 Å². The lowest BCUT2D eigenvalue weighted by molar-refractivity contribution is -0.137. The Balaban J connectivity index is 1.40. The summed E-state index contributed by atoms with van der Waals surface area (Å²) in [4.78, 5) is 56.5. The molecule has 2 atom stereocenters. The van der Waals surface area contributed by atoms with E-state index in [1.54, 1.807) is 23.9 Å². The zero-order chi connectivity index (χ0) is 32.3. The number of hydrogen-bond donors (Lipinski definition) is 3. The second-order valence-electron chi connectivity index (χ2n) is 12.8. The Labute approximate surface area is 267 Å². The lowest BCUT2D eigenvalue weighted by Gasteiger charge is -2.34. The summed E-state index contributed by atoms with van der Waals surface area (Å²) in [7, 11) is 2.04. The molecular formula is C34H51N7O4. The first-order valence-electron chi connectivity index (χ1n) is 16.6. The molecule has 0 spiro atoms. The Hall–Kier alpha value is -3.73. The van der Waals surface area contributed by atoms with Gasteiger partial charge in [-0.3, -0.25) is 23.9 Å². The molecule has 0 bridgehead atoms. The molecule has 4 amide bonds. The van der Waals surface area contributed by atoms with Gasteiger partial charge in [0.25, 0.3) is 5.91 Å². The van der Waals surface area contributed by atoms with Crippen molar-refractivity contribution in [1.82, 2.24) is 35.5 Å². The van der Waals surface area contributed by atoms with E-state index in [0.29, 0.717) is 38.2 Å². The Bertz CT molecular complexity index is 1280. The van der Waals surface area contributed by atoms with Crippen molar-refractivity contribution in [3.05, 3.63) is 53.3 Å². The van der Waals surface area contributed by atoms with Crippen molar-refractivity contribution >= 4 is 23.6 Å². The minimum Gasteiger partial charge on any atom is -0.350 e. The number of hydrogen-bond acceptors (Lipinski definition) is 6. The van der Waals surface area contributed by atoms with Crippen molar-refractivity contribution in [1.29, 1.82) is 0 Å². The standard InChI is InChI=1S/C34H51N7O4/c1-5-30(42)37-28(34(45)40-20-18-39(4)19-21-40)22-25-12-14-26(15-13-25)23-35-33(44)31(27-10-8-6-7-9-11-27)38-32(43)29-16-17-36-41(29)24(2)3/h12-17,24,27-28,31H,5-11,18-23H2,1-4H3,(H,35,44)(H,37,42)(H,38,43)/t28-,31+/m1/s1. The van der Waals surface area contributed by atoms with E-state index in [2.05, 4.69) is 25.9 Å². The number of nitrogens with one attached hydrogen (secondary N) is 3. The van der Waals surface area contributed by atoms with Crippen LogP contribution in [0.25, 0.3) is 0 Å². The molecule has 11 nitrogen and oxygen atoms in total. The van der Waals surface area contributed by atoms with E-state index < -0.39 is 12.1 Å². The number of carbonyl (C=O) groups is 4. The molecule has 0 unspecified atom stereocenters. The van der Waals surface area contributed by atoms with Crippen molar-refractivity contribution < 1.29 is 19.2 Å². The average Bonchev–Trinajstić information content (AvgIpc) is 3.39. The van der Waals surface area contributed by atoms with Gasteiger partial charge in [0.05, 0.1) is 0 Å². The summed E-state index contributed by atoms with van der Waals surface area (Å²) in [5.74, 6) is -0.599. The van der Waals surface area contributed by atoms with Crippen LogP contribution in [0.2, 0.25) is 0 Å². The number of nitrogens with zero attached hydrogens (tertiary/aromatic N) is 4. The van der Waals surface area contributed by atoms with Crippen LogP contribution in [0, 0.1) is 5.92 Å². The van der Waals surface area contributed by atoms with Crippen molar-refractivity contribution in [2.75, 3.05) is 33.2 Å². The third-order valence-electron chi connectivity index (χ3n) is 9.03. The molecule has 3 N–H and O–H groups in total. The van der Waals surface area contributed by atoms with Crippen LogP contribution in [-0.2, 0) is 27.3 Å². The van der Waals surface area contributed by atoms with Crippen LogP contribution >= 0.6 is 0 Å². The normalized spacial score (nSPS) is 17.8. The highest BCUT2D eigenvalue weighted by Gasteiger charge is 2.32. The molecule has 2 aromatic rings. The zero-order valence-electron chi connectivity index (χ0n) is 27.4. The number of benzene rings is 1. The molecule has 246 valence electrons. The topological polar surface area (TPSA) is 129 Å². The first-order chi connectivity index (χ1) is 21.7. The van der Waals surface area contributed by atoms with E-state index in [1.807, 2.05) is 50.1 Å². The maximum absolute atomic E-state index is 13.6. The molecule has 45 heavy (non-hydrogen) atoms. The molecule has 0 radical (unpaired) electrons. The van der Waals surface area contributed by atoms with Gasteiger partial charge < -0.3 is 25.8 Å². The summed E-state index contributed by atoms with van der Waals surface area (Å²) in [6.07, 6.45) is 8.52. The zero-order valence-corrected chi connectivity index (χ0v) is 27.4. The number of amides is 4. The Morgan fingerprint density at radius 2 is 1.53 bits per heavy atom. The van der Waals surface area contributed by atoms with Gasteiger partial charge in [-0.05, 0) is 56.8 Å². The molecule has 1 saturated carbocycles. The number of piperazine rings is 1. The highest BCUT2D eigenvalue weighted by atomic mass is 16.2. The lowest BCUT2D eigenvalue weighted by Crippen LogP contribution is -2.54. The molecule has 2 aliphatic rings. The molecule has 11 heteroatoms. The maximum atomic E-state index is 13.6. The quantitative estimate of drug-likeness (QED) is 0.313. The lowest BCUT2D eigenvalue weighted by atomic mass is 9.91. The Kier molecular flexibility index (Phi) is 12.6. The number of aromatic nitrogens is 2. The van der Waals surface area contributed by atoms with Gasteiger partial charge in [0.2, 0.25) is 17.7 Å². The van der Waals surface area contributed by atoms with Crippen molar-refractivity contribution in [2.24, 2.45) is 5.92 Å². The average molecular weight is 622 g/mol. The van der Waals surface area contributed by atoms with E-state index in [-0.39, 0.29) is 35.6 Å². The van der Waals surface area contributed by atoms with Gasteiger partial charge in [-0.25, -0.2) is 0 Å². The Morgan fingerprint density at radius 3 is 2.16 bits per heavy atom. The Morgan fingerprint density at radius 1 is 0.889 bits per heavy atom. The van der Waals surface area contributed by atoms with Gasteiger partial charge in [0, 0.05) is 57.8 Å². The van der Waals surface area contributed by atoms with Crippen molar-refractivity contribution in [3.8, 4) is 0 Å².